The molecule has 0 saturated carbocycles. The van der Waals surface area contributed by atoms with Crippen LogP contribution in [0.3, 0.4) is 0 Å². The number of nitrogens with one attached hydrogen (secondary N) is 1. The summed E-state index contributed by atoms with van der Waals surface area (Å²) in [6.45, 7) is 5.15. The summed E-state index contributed by atoms with van der Waals surface area (Å²) in [5.74, 6) is -0.321. The lowest BCUT2D eigenvalue weighted by molar-refractivity contribution is -0.131. The fraction of sp³-hybridized carbons (Fsp3) is 0.316. The summed E-state index contributed by atoms with van der Waals surface area (Å²) < 4.78 is 37.5. The molecule has 0 radical (unpaired) electrons. The van der Waals surface area contributed by atoms with Crippen LogP contribution in [0.15, 0.2) is 73.2 Å². The molecule has 2 aliphatic rings. The molecular weight excluding hydrogens is 640 g/mol. The monoisotopic (exact) mass is 679 g/mol. The van der Waals surface area contributed by atoms with Crippen LogP contribution in [-0.2, 0) is 17.8 Å². The second-order valence-corrected chi connectivity index (χ2v) is 12.6. The number of carbonyl (C=O) groups is 2. The van der Waals surface area contributed by atoms with Gasteiger partial charge in [-0.3, -0.25) is 14.3 Å². The number of aromatic amines is 1. The van der Waals surface area contributed by atoms with Crippen molar-refractivity contribution in [2.45, 2.75) is 32.7 Å². The number of methoxy groups -OCH3 is 1. The normalized spacial score (nSPS) is 15.0. The van der Waals surface area contributed by atoms with Crippen molar-refractivity contribution in [3.05, 3.63) is 102 Å². The number of hydrogen-bond acceptors (Lipinski definition) is 6. The molecule has 258 valence electrons. The second kappa shape index (κ2) is 14.1. The number of carbonyl (C=O) groups excluding carboxylic acids is 2. The molecule has 50 heavy (non-hydrogen) atoms. The summed E-state index contributed by atoms with van der Waals surface area (Å²) in [6.07, 6.45) is 8.36. The molecule has 1 saturated heterocycles. The quantitative estimate of drug-likeness (QED) is 0.207. The minimum Gasteiger partial charge on any atom is -0.493 e. The van der Waals surface area contributed by atoms with Crippen LogP contribution in [0, 0.1) is 11.6 Å². The summed E-state index contributed by atoms with van der Waals surface area (Å²) in [6, 6.07) is 14.8. The Morgan fingerprint density at radius 2 is 1.78 bits per heavy atom. The molecule has 7 rings (SSSR count). The maximum absolute atomic E-state index is 16.7. The lowest BCUT2D eigenvalue weighted by Gasteiger charge is -2.35. The van der Waals surface area contributed by atoms with Crippen LogP contribution in [0.25, 0.3) is 27.6 Å². The Hall–Kier alpha value is -5.52. The van der Waals surface area contributed by atoms with E-state index < -0.39 is 11.6 Å². The molecule has 1 N–H and O–H groups in total. The molecule has 10 nitrogen and oxygen atoms in total. The number of H-pyrrole nitrogens is 1. The minimum absolute atomic E-state index is 0.00866. The van der Waals surface area contributed by atoms with Crippen molar-refractivity contribution in [1.82, 2.24) is 29.5 Å². The molecule has 3 aromatic heterocycles. The topological polar surface area (TPSA) is 99.6 Å². The van der Waals surface area contributed by atoms with Crippen LogP contribution >= 0.6 is 0 Å². The van der Waals surface area contributed by atoms with Gasteiger partial charge in [-0.15, -0.1) is 0 Å². The standard InChI is InChI=1S/C38H39F2N7O3/c1-3-25-8-4-5-10-28(25)30-21-29(26-9-6-13-46(24-26)34(48)11-15-47-14-7-12-42-47)35(40)36-31(30)22-32(43-36)38(49)45-18-16-44(17-19-45)37-33(50-2)20-27(39)23-41-37/h4-5,7-10,12,14,20-23,43H,3,6,11,13,15-19,24H2,1-2H3. The molecule has 2 aliphatic heterocycles. The third-order valence-corrected chi connectivity index (χ3v) is 9.62. The van der Waals surface area contributed by atoms with Gasteiger partial charge in [-0.1, -0.05) is 37.3 Å². The van der Waals surface area contributed by atoms with Crippen molar-refractivity contribution < 1.29 is 23.1 Å². The van der Waals surface area contributed by atoms with Gasteiger partial charge in [-0.05, 0) is 53.3 Å². The molecule has 1 fully saturated rings. The van der Waals surface area contributed by atoms with Crippen molar-refractivity contribution in [2.75, 3.05) is 51.3 Å². The van der Waals surface area contributed by atoms with E-state index >= 15 is 4.39 Å². The molecule has 12 heteroatoms. The van der Waals surface area contributed by atoms with E-state index in [1.165, 1.54) is 13.2 Å². The van der Waals surface area contributed by atoms with Crippen molar-refractivity contribution in [2.24, 2.45) is 0 Å². The zero-order valence-corrected chi connectivity index (χ0v) is 28.2. The number of fused-ring (bicyclic) bond motifs is 1. The molecule has 2 aromatic carbocycles. The number of ether oxygens (including phenoxy) is 1. The fourth-order valence-electron chi connectivity index (χ4n) is 6.97. The van der Waals surface area contributed by atoms with E-state index in [-0.39, 0.29) is 17.3 Å². The van der Waals surface area contributed by atoms with E-state index in [9.17, 15) is 14.0 Å². The summed E-state index contributed by atoms with van der Waals surface area (Å²) in [5, 5.41) is 4.81. The number of nitrogens with zero attached hydrogens (tertiary/aromatic N) is 6. The molecule has 0 unspecified atom stereocenters. The SMILES string of the molecule is CCc1ccccc1-c1cc(C2=CCCN(C(=O)CCn3cccn3)C2)c(F)c2[nH]c(C(=O)N3CCN(c4ncc(F)cc4OC)CC3)cc12. The predicted molar refractivity (Wildman–Crippen MR) is 188 cm³/mol. The van der Waals surface area contributed by atoms with Gasteiger partial charge in [0.1, 0.15) is 11.5 Å². The maximum Gasteiger partial charge on any atom is 0.270 e. The highest BCUT2D eigenvalue weighted by Crippen LogP contribution is 2.38. The van der Waals surface area contributed by atoms with Gasteiger partial charge in [0.05, 0.1) is 18.8 Å². The largest absolute Gasteiger partial charge is 0.493 e. The number of aryl methyl sites for hydroxylation is 2. The lowest BCUT2D eigenvalue weighted by atomic mass is 9.90. The summed E-state index contributed by atoms with van der Waals surface area (Å²) >= 11 is 0. The third-order valence-electron chi connectivity index (χ3n) is 9.62. The fourth-order valence-corrected chi connectivity index (χ4v) is 6.97. The van der Waals surface area contributed by atoms with E-state index in [0.717, 1.165) is 34.9 Å². The number of piperazine rings is 1. The first-order chi connectivity index (χ1) is 24.3. The molecule has 5 heterocycles. The van der Waals surface area contributed by atoms with Gasteiger partial charge in [0.15, 0.2) is 17.4 Å². The molecule has 0 aliphatic carbocycles. The number of rotatable bonds is 9. The predicted octanol–water partition coefficient (Wildman–Crippen LogP) is 5.94. The van der Waals surface area contributed by atoms with E-state index in [2.05, 4.69) is 28.1 Å². The highest BCUT2D eigenvalue weighted by Gasteiger charge is 2.29. The van der Waals surface area contributed by atoms with Gasteiger partial charge in [0, 0.05) is 81.6 Å². The molecule has 0 bridgehead atoms. The van der Waals surface area contributed by atoms with Crippen LogP contribution in [-0.4, -0.2) is 87.7 Å². The van der Waals surface area contributed by atoms with Crippen LogP contribution in [0.5, 0.6) is 5.75 Å². The number of pyridine rings is 1. The van der Waals surface area contributed by atoms with Gasteiger partial charge in [0.2, 0.25) is 5.91 Å². The van der Waals surface area contributed by atoms with Crippen molar-refractivity contribution in [1.29, 1.82) is 0 Å². The van der Waals surface area contributed by atoms with Crippen molar-refractivity contribution >= 4 is 34.1 Å². The van der Waals surface area contributed by atoms with Crippen LogP contribution in [0.4, 0.5) is 14.6 Å². The first kappa shape index (κ1) is 33.0. The summed E-state index contributed by atoms with van der Waals surface area (Å²) in [4.78, 5) is 40.0. The average molecular weight is 680 g/mol. The number of benzene rings is 2. The number of aromatic nitrogens is 4. The first-order valence-electron chi connectivity index (χ1n) is 17.0. The van der Waals surface area contributed by atoms with E-state index in [0.29, 0.717) is 86.9 Å². The second-order valence-electron chi connectivity index (χ2n) is 12.6. The zero-order chi connectivity index (χ0) is 34.8. The van der Waals surface area contributed by atoms with Gasteiger partial charge in [-0.25, -0.2) is 13.8 Å². The average Bonchev–Trinajstić information content (AvgIpc) is 3.85. The number of halogens is 2. The molecule has 2 amide bonds. The van der Waals surface area contributed by atoms with Gasteiger partial charge in [0.25, 0.3) is 5.91 Å². The molecule has 5 aromatic rings. The van der Waals surface area contributed by atoms with Gasteiger partial charge < -0.3 is 24.4 Å². The Morgan fingerprint density at radius 1 is 0.960 bits per heavy atom. The summed E-state index contributed by atoms with van der Waals surface area (Å²) in [7, 11) is 1.47. The van der Waals surface area contributed by atoms with E-state index in [1.807, 2.05) is 47.5 Å². The number of hydrogen-bond donors (Lipinski definition) is 1. The van der Waals surface area contributed by atoms with E-state index in [1.54, 1.807) is 26.7 Å². The van der Waals surface area contributed by atoms with Crippen LogP contribution in [0.2, 0.25) is 0 Å². The Balaban J connectivity index is 1.18. The van der Waals surface area contributed by atoms with Gasteiger partial charge in [-0.2, -0.15) is 5.10 Å². The Labute approximate surface area is 289 Å². The first-order valence-corrected chi connectivity index (χ1v) is 17.0. The number of anilines is 1. The lowest BCUT2D eigenvalue weighted by Crippen LogP contribution is -2.49. The summed E-state index contributed by atoms with van der Waals surface area (Å²) in [5.41, 5.74) is 4.61. The molecule has 0 atom stereocenters. The van der Waals surface area contributed by atoms with Crippen molar-refractivity contribution in [3.8, 4) is 16.9 Å². The maximum atomic E-state index is 16.7. The smallest absolute Gasteiger partial charge is 0.270 e. The van der Waals surface area contributed by atoms with Gasteiger partial charge >= 0.3 is 0 Å². The minimum atomic E-state index is -0.485. The van der Waals surface area contributed by atoms with Crippen molar-refractivity contribution in [3.63, 3.8) is 0 Å². The highest BCUT2D eigenvalue weighted by molar-refractivity contribution is 6.05. The highest BCUT2D eigenvalue weighted by atomic mass is 19.1. The number of amides is 2. The Bertz CT molecular complexity index is 2070. The van der Waals surface area contributed by atoms with Crippen LogP contribution in [0.1, 0.15) is 41.4 Å². The molecule has 0 spiro atoms. The molecular formula is C38H39F2N7O3. The third kappa shape index (κ3) is 6.45. The Morgan fingerprint density at radius 3 is 2.54 bits per heavy atom. The Kier molecular flexibility index (Phi) is 9.34. The van der Waals surface area contributed by atoms with Crippen LogP contribution < -0.4 is 9.64 Å². The van der Waals surface area contributed by atoms with E-state index in [4.69, 9.17) is 4.74 Å². The zero-order valence-electron chi connectivity index (χ0n) is 28.2.